The van der Waals surface area contributed by atoms with Crippen LogP contribution < -0.4 is 5.73 Å². The second-order valence-electron chi connectivity index (χ2n) is 3.04. The molecule has 1 amide bonds. The van der Waals surface area contributed by atoms with Crippen LogP contribution in [0.15, 0.2) is 30.6 Å². The smallest absolute Gasteiger partial charge is 0.251 e. The molecule has 0 spiro atoms. The van der Waals surface area contributed by atoms with E-state index in [9.17, 15) is 4.79 Å². The van der Waals surface area contributed by atoms with Crippen molar-refractivity contribution in [3.05, 3.63) is 41.7 Å². The van der Waals surface area contributed by atoms with Crippen LogP contribution in [-0.4, -0.2) is 10.3 Å². The highest BCUT2D eigenvalue weighted by molar-refractivity contribution is 6.01. The van der Waals surface area contributed by atoms with Crippen LogP contribution in [-0.2, 0) is 0 Å². The van der Waals surface area contributed by atoms with Crippen LogP contribution in [0.25, 0.3) is 5.52 Å². The fourth-order valence-corrected chi connectivity index (χ4v) is 1.58. The molecular weight excluding hydrogens is 164 g/mol. The van der Waals surface area contributed by atoms with Gasteiger partial charge in [0.1, 0.15) is 0 Å². The van der Waals surface area contributed by atoms with E-state index in [2.05, 4.69) is 0 Å². The molecule has 2 rings (SSSR count). The quantitative estimate of drug-likeness (QED) is 0.696. The molecular formula is C10H10N2O. The number of carbonyl (C=O) groups is 1. The number of hydrogen-bond donors (Lipinski definition) is 1. The molecule has 2 N–H and O–H groups in total. The van der Waals surface area contributed by atoms with Gasteiger partial charge in [-0.05, 0) is 24.6 Å². The summed E-state index contributed by atoms with van der Waals surface area (Å²) >= 11 is 0. The minimum absolute atomic E-state index is 0.369. The highest BCUT2D eigenvalue weighted by atomic mass is 16.1. The molecule has 0 atom stereocenters. The molecule has 13 heavy (non-hydrogen) atoms. The van der Waals surface area contributed by atoms with E-state index in [1.54, 1.807) is 0 Å². The first kappa shape index (κ1) is 7.86. The zero-order valence-corrected chi connectivity index (χ0v) is 7.32. The third kappa shape index (κ3) is 1.09. The largest absolute Gasteiger partial charge is 0.366 e. The molecule has 0 unspecified atom stereocenters. The fourth-order valence-electron chi connectivity index (χ4n) is 1.58. The Labute approximate surface area is 75.8 Å². The molecule has 2 aromatic heterocycles. The number of aryl methyl sites for hydroxylation is 1. The van der Waals surface area contributed by atoms with Crippen molar-refractivity contribution in [1.82, 2.24) is 4.40 Å². The van der Waals surface area contributed by atoms with Crippen LogP contribution in [0.4, 0.5) is 0 Å². The number of rotatable bonds is 1. The summed E-state index contributed by atoms with van der Waals surface area (Å²) < 4.78 is 1.90. The Morgan fingerprint density at radius 3 is 2.92 bits per heavy atom. The van der Waals surface area contributed by atoms with Gasteiger partial charge >= 0.3 is 0 Å². The number of pyridine rings is 1. The van der Waals surface area contributed by atoms with Crippen molar-refractivity contribution in [2.75, 3.05) is 0 Å². The Balaban J connectivity index is 2.86. The number of nitrogens with zero attached hydrogens (tertiary/aromatic N) is 1. The Morgan fingerprint density at radius 1 is 1.46 bits per heavy atom. The number of nitrogens with two attached hydrogens (primary N) is 1. The molecule has 0 aliphatic rings. The number of fused-ring (bicyclic) bond motifs is 1. The van der Waals surface area contributed by atoms with E-state index in [4.69, 9.17) is 5.73 Å². The molecule has 0 aliphatic carbocycles. The monoisotopic (exact) mass is 174 g/mol. The second-order valence-corrected chi connectivity index (χ2v) is 3.04. The van der Waals surface area contributed by atoms with Gasteiger partial charge in [-0.3, -0.25) is 4.79 Å². The predicted molar refractivity (Wildman–Crippen MR) is 50.7 cm³/mol. The summed E-state index contributed by atoms with van der Waals surface area (Å²) in [6.07, 6.45) is 3.80. The van der Waals surface area contributed by atoms with Crippen molar-refractivity contribution < 1.29 is 4.79 Å². The number of amides is 1. The van der Waals surface area contributed by atoms with Crippen molar-refractivity contribution in [2.45, 2.75) is 6.92 Å². The molecule has 3 heteroatoms. The number of aromatic nitrogens is 1. The Kier molecular flexibility index (Phi) is 1.59. The first-order chi connectivity index (χ1) is 6.20. The summed E-state index contributed by atoms with van der Waals surface area (Å²) in [5.74, 6) is -0.369. The van der Waals surface area contributed by atoms with Crippen molar-refractivity contribution in [2.24, 2.45) is 5.73 Å². The zero-order valence-electron chi connectivity index (χ0n) is 7.32. The van der Waals surface area contributed by atoms with Gasteiger partial charge in [0, 0.05) is 12.4 Å². The van der Waals surface area contributed by atoms with Gasteiger partial charge in [-0.15, -0.1) is 0 Å². The van der Waals surface area contributed by atoms with Gasteiger partial charge in [-0.2, -0.15) is 0 Å². The molecule has 0 saturated carbocycles. The van der Waals surface area contributed by atoms with Gasteiger partial charge in [-0.1, -0.05) is 6.07 Å². The first-order valence-electron chi connectivity index (χ1n) is 4.06. The van der Waals surface area contributed by atoms with E-state index < -0.39 is 0 Å². The van der Waals surface area contributed by atoms with Crippen LogP contribution in [0.2, 0.25) is 0 Å². The van der Waals surface area contributed by atoms with Crippen molar-refractivity contribution >= 4 is 11.4 Å². The summed E-state index contributed by atoms with van der Waals surface area (Å²) in [6.45, 7) is 1.88. The maximum Gasteiger partial charge on any atom is 0.251 e. The minimum Gasteiger partial charge on any atom is -0.366 e. The molecule has 2 heterocycles. The molecule has 0 saturated heterocycles. The Bertz CT molecular complexity index is 471. The van der Waals surface area contributed by atoms with E-state index in [0.29, 0.717) is 5.56 Å². The highest BCUT2D eigenvalue weighted by Gasteiger charge is 2.10. The molecule has 0 fully saturated rings. The minimum atomic E-state index is -0.369. The molecule has 2 aromatic rings. The lowest BCUT2D eigenvalue weighted by atomic mass is 10.2. The van der Waals surface area contributed by atoms with Gasteiger partial charge in [0.2, 0.25) is 0 Å². The SMILES string of the molecule is Cc1cn2ccccc2c1C(N)=O. The van der Waals surface area contributed by atoms with Crippen molar-refractivity contribution in [3.63, 3.8) is 0 Å². The van der Waals surface area contributed by atoms with Gasteiger partial charge < -0.3 is 10.1 Å². The van der Waals surface area contributed by atoms with Crippen molar-refractivity contribution in [1.29, 1.82) is 0 Å². The van der Waals surface area contributed by atoms with Crippen LogP contribution in [0.3, 0.4) is 0 Å². The standard InChI is InChI=1S/C10H10N2O/c1-7-6-12-5-3-2-4-8(12)9(7)10(11)13/h2-6H,1H3,(H2,11,13). The summed E-state index contributed by atoms with van der Waals surface area (Å²) in [4.78, 5) is 11.1. The summed E-state index contributed by atoms with van der Waals surface area (Å²) in [5, 5.41) is 0. The molecule has 66 valence electrons. The zero-order chi connectivity index (χ0) is 9.42. The van der Waals surface area contributed by atoms with E-state index in [1.807, 2.05) is 41.9 Å². The number of primary amides is 1. The lowest BCUT2D eigenvalue weighted by Gasteiger charge is -1.95. The summed E-state index contributed by atoms with van der Waals surface area (Å²) in [5.41, 5.74) is 7.67. The molecule has 0 radical (unpaired) electrons. The lowest BCUT2D eigenvalue weighted by Crippen LogP contribution is -2.11. The average Bonchev–Trinajstić information content (AvgIpc) is 2.39. The van der Waals surface area contributed by atoms with Crippen LogP contribution >= 0.6 is 0 Å². The normalized spacial score (nSPS) is 10.5. The van der Waals surface area contributed by atoms with Crippen LogP contribution in [0.1, 0.15) is 15.9 Å². The topological polar surface area (TPSA) is 47.5 Å². The van der Waals surface area contributed by atoms with Gasteiger partial charge in [0.25, 0.3) is 5.91 Å². The highest BCUT2D eigenvalue weighted by Crippen LogP contribution is 2.16. The van der Waals surface area contributed by atoms with Gasteiger partial charge in [0.15, 0.2) is 0 Å². The van der Waals surface area contributed by atoms with Gasteiger partial charge in [-0.25, -0.2) is 0 Å². The second kappa shape index (κ2) is 2.62. The van der Waals surface area contributed by atoms with E-state index in [0.717, 1.165) is 11.1 Å². The summed E-state index contributed by atoms with van der Waals surface area (Å²) in [7, 11) is 0. The van der Waals surface area contributed by atoms with Crippen molar-refractivity contribution in [3.8, 4) is 0 Å². The van der Waals surface area contributed by atoms with E-state index in [-0.39, 0.29) is 5.91 Å². The third-order valence-corrected chi connectivity index (χ3v) is 2.12. The lowest BCUT2D eigenvalue weighted by molar-refractivity contribution is 0.100. The van der Waals surface area contributed by atoms with E-state index >= 15 is 0 Å². The Hall–Kier alpha value is -1.77. The number of carbonyl (C=O) groups excluding carboxylic acids is 1. The molecule has 3 nitrogen and oxygen atoms in total. The fraction of sp³-hybridized carbons (Fsp3) is 0.100. The first-order valence-corrected chi connectivity index (χ1v) is 4.06. The summed E-state index contributed by atoms with van der Waals surface area (Å²) in [6, 6.07) is 5.69. The van der Waals surface area contributed by atoms with Crippen LogP contribution in [0, 0.1) is 6.92 Å². The molecule has 0 aromatic carbocycles. The third-order valence-electron chi connectivity index (χ3n) is 2.12. The number of hydrogen-bond acceptors (Lipinski definition) is 1. The maximum absolute atomic E-state index is 11.1. The molecule has 0 aliphatic heterocycles. The predicted octanol–water partition coefficient (Wildman–Crippen LogP) is 1.35. The van der Waals surface area contributed by atoms with E-state index in [1.165, 1.54) is 0 Å². The maximum atomic E-state index is 11.1. The van der Waals surface area contributed by atoms with Gasteiger partial charge in [0.05, 0.1) is 11.1 Å². The Morgan fingerprint density at radius 2 is 2.23 bits per heavy atom. The molecule has 0 bridgehead atoms. The van der Waals surface area contributed by atoms with Crippen LogP contribution in [0.5, 0.6) is 0 Å². The average molecular weight is 174 g/mol.